The number of anilines is 3. The standard InChI is InChI=1S/C27H29N7O2S/c1-16-22(34-14-19-12-29-25(37-5)32-23(19)33(4)26(34)36)10-20(13-28-16)31-24(35)18-8-6-7-17(9-18)21-11-27(2,3)15-30-21/h6-13,30H,14-15H2,1-5H3,(H,31,35). The number of benzene rings is 1. The Bertz CT molecular complexity index is 1440. The van der Waals surface area contributed by atoms with Gasteiger partial charge in [0.1, 0.15) is 5.82 Å². The minimum absolute atomic E-state index is 0.0708. The molecule has 0 unspecified atom stereocenters. The molecule has 0 spiro atoms. The third kappa shape index (κ3) is 4.89. The number of nitrogens with one attached hydrogen (secondary N) is 2. The number of carbonyl (C=O) groups is 2. The topological polar surface area (TPSA) is 103 Å². The van der Waals surface area contributed by atoms with Gasteiger partial charge < -0.3 is 10.6 Å². The van der Waals surface area contributed by atoms with Crippen LogP contribution in [0.4, 0.5) is 22.0 Å². The van der Waals surface area contributed by atoms with Gasteiger partial charge in [0.2, 0.25) is 0 Å². The molecule has 2 aromatic heterocycles. The maximum atomic E-state index is 13.3. The third-order valence-corrected chi connectivity index (χ3v) is 7.04. The highest BCUT2D eigenvalue weighted by atomic mass is 32.2. The molecule has 3 aromatic rings. The van der Waals surface area contributed by atoms with Crippen molar-refractivity contribution >= 4 is 46.6 Å². The zero-order chi connectivity index (χ0) is 26.3. The summed E-state index contributed by atoms with van der Waals surface area (Å²) in [6.07, 6.45) is 7.44. The molecule has 5 rings (SSSR count). The normalized spacial score (nSPS) is 16.2. The monoisotopic (exact) mass is 515 g/mol. The van der Waals surface area contributed by atoms with Gasteiger partial charge in [-0.25, -0.2) is 14.8 Å². The van der Waals surface area contributed by atoms with E-state index in [2.05, 4.69) is 45.5 Å². The molecule has 37 heavy (non-hydrogen) atoms. The molecule has 9 nitrogen and oxygen atoms in total. The fourth-order valence-electron chi connectivity index (χ4n) is 4.48. The number of urea groups is 1. The summed E-state index contributed by atoms with van der Waals surface area (Å²) in [5, 5.41) is 6.97. The van der Waals surface area contributed by atoms with E-state index >= 15 is 0 Å². The van der Waals surface area contributed by atoms with Gasteiger partial charge in [-0.1, -0.05) is 43.8 Å². The molecular formula is C27H29N7O2S. The average molecular weight is 516 g/mol. The molecule has 4 heterocycles. The maximum Gasteiger partial charge on any atom is 0.330 e. The van der Waals surface area contributed by atoms with E-state index < -0.39 is 0 Å². The van der Waals surface area contributed by atoms with Crippen molar-refractivity contribution in [1.82, 2.24) is 20.3 Å². The van der Waals surface area contributed by atoms with Gasteiger partial charge in [-0.05, 0) is 36.9 Å². The lowest BCUT2D eigenvalue weighted by atomic mass is 9.95. The van der Waals surface area contributed by atoms with Gasteiger partial charge >= 0.3 is 6.03 Å². The summed E-state index contributed by atoms with van der Waals surface area (Å²) >= 11 is 1.43. The van der Waals surface area contributed by atoms with E-state index in [1.807, 2.05) is 31.4 Å². The molecular weight excluding hydrogens is 486 g/mol. The summed E-state index contributed by atoms with van der Waals surface area (Å²) < 4.78 is 0. The van der Waals surface area contributed by atoms with Crippen LogP contribution in [-0.4, -0.2) is 46.7 Å². The molecule has 190 valence electrons. The minimum Gasteiger partial charge on any atom is -0.384 e. The van der Waals surface area contributed by atoms with Gasteiger partial charge in [0.05, 0.1) is 29.8 Å². The number of hydrogen-bond donors (Lipinski definition) is 2. The maximum absolute atomic E-state index is 13.3. The summed E-state index contributed by atoms with van der Waals surface area (Å²) in [7, 11) is 1.70. The van der Waals surface area contributed by atoms with Crippen LogP contribution in [0.2, 0.25) is 0 Å². The van der Waals surface area contributed by atoms with Gasteiger partial charge in [0.25, 0.3) is 5.91 Å². The Labute approximate surface area is 220 Å². The Morgan fingerprint density at radius 2 is 2.00 bits per heavy atom. The van der Waals surface area contributed by atoms with Crippen molar-refractivity contribution in [3.05, 3.63) is 71.2 Å². The number of hydrogen-bond acceptors (Lipinski definition) is 7. The predicted molar refractivity (Wildman–Crippen MR) is 147 cm³/mol. The quantitative estimate of drug-likeness (QED) is 0.375. The summed E-state index contributed by atoms with van der Waals surface area (Å²) in [5.41, 5.74) is 5.24. The van der Waals surface area contributed by atoms with Crippen molar-refractivity contribution in [2.75, 3.05) is 35.0 Å². The van der Waals surface area contributed by atoms with Crippen molar-refractivity contribution in [3.63, 3.8) is 0 Å². The zero-order valence-electron chi connectivity index (χ0n) is 21.5. The SMILES string of the molecule is CSc1ncc2c(n1)N(C)C(=O)N(c1cc(NC(=O)c3cccc(C4=CC(C)(C)CN4)c3)cnc1C)C2. The highest BCUT2D eigenvalue weighted by Crippen LogP contribution is 2.33. The second kappa shape index (κ2) is 9.51. The Hall–Kier alpha value is -3.92. The van der Waals surface area contributed by atoms with Crippen LogP contribution >= 0.6 is 11.8 Å². The first-order chi connectivity index (χ1) is 17.6. The first-order valence-corrected chi connectivity index (χ1v) is 13.2. The third-order valence-electron chi connectivity index (χ3n) is 6.48. The first kappa shape index (κ1) is 24.8. The van der Waals surface area contributed by atoms with Crippen LogP contribution in [-0.2, 0) is 6.54 Å². The summed E-state index contributed by atoms with van der Waals surface area (Å²) in [5.74, 6) is 0.354. The molecule has 0 bridgehead atoms. The molecule has 2 N–H and O–H groups in total. The fraction of sp³-hybridized carbons (Fsp3) is 0.296. The number of fused-ring (bicyclic) bond motifs is 1. The number of thioether (sulfide) groups is 1. The molecule has 10 heteroatoms. The first-order valence-electron chi connectivity index (χ1n) is 12.0. The van der Waals surface area contributed by atoms with Crippen LogP contribution in [0.15, 0.2) is 54.0 Å². The smallest absolute Gasteiger partial charge is 0.330 e. The molecule has 2 aliphatic heterocycles. The number of pyridine rings is 1. The van der Waals surface area contributed by atoms with Crippen molar-refractivity contribution in [1.29, 1.82) is 0 Å². The van der Waals surface area contributed by atoms with E-state index in [0.29, 0.717) is 40.2 Å². The average Bonchev–Trinajstić information content (AvgIpc) is 3.27. The number of amides is 3. The van der Waals surface area contributed by atoms with E-state index in [1.165, 1.54) is 16.7 Å². The lowest BCUT2D eigenvalue weighted by Crippen LogP contribution is -2.46. The molecule has 2 aliphatic rings. The van der Waals surface area contributed by atoms with E-state index in [0.717, 1.165) is 23.4 Å². The van der Waals surface area contributed by atoms with Crippen molar-refractivity contribution < 1.29 is 9.59 Å². The highest BCUT2D eigenvalue weighted by Gasteiger charge is 2.32. The minimum atomic E-state index is -0.248. The molecule has 1 aromatic carbocycles. The Kier molecular flexibility index (Phi) is 6.36. The number of aryl methyl sites for hydroxylation is 1. The Morgan fingerprint density at radius 3 is 2.73 bits per heavy atom. The lowest BCUT2D eigenvalue weighted by Gasteiger charge is -2.34. The second-order valence-electron chi connectivity index (χ2n) is 9.90. The van der Waals surface area contributed by atoms with Gasteiger partial charge in [-0.3, -0.25) is 19.6 Å². The van der Waals surface area contributed by atoms with Crippen LogP contribution in [0.25, 0.3) is 5.70 Å². The molecule has 3 amide bonds. The molecule has 0 atom stereocenters. The summed E-state index contributed by atoms with van der Waals surface area (Å²) in [6, 6.07) is 9.08. The molecule has 0 radical (unpaired) electrons. The van der Waals surface area contributed by atoms with Gasteiger partial charge in [-0.15, -0.1) is 0 Å². The number of carbonyl (C=O) groups excluding carboxylic acids is 2. The van der Waals surface area contributed by atoms with Gasteiger partial charge in [-0.2, -0.15) is 0 Å². The number of nitrogens with zero attached hydrogens (tertiary/aromatic N) is 5. The second-order valence-corrected chi connectivity index (χ2v) is 10.7. The molecule has 0 saturated carbocycles. The van der Waals surface area contributed by atoms with E-state index in [1.54, 1.807) is 36.5 Å². The van der Waals surface area contributed by atoms with Crippen LogP contribution in [0.5, 0.6) is 0 Å². The van der Waals surface area contributed by atoms with Crippen LogP contribution < -0.4 is 20.4 Å². The summed E-state index contributed by atoms with van der Waals surface area (Å²) in [4.78, 5) is 42.9. The van der Waals surface area contributed by atoms with E-state index in [9.17, 15) is 9.59 Å². The van der Waals surface area contributed by atoms with E-state index in [-0.39, 0.29) is 17.4 Å². The van der Waals surface area contributed by atoms with Crippen molar-refractivity contribution in [2.24, 2.45) is 5.41 Å². The fourth-order valence-corrected chi connectivity index (χ4v) is 4.81. The Morgan fingerprint density at radius 1 is 1.19 bits per heavy atom. The predicted octanol–water partition coefficient (Wildman–Crippen LogP) is 4.70. The van der Waals surface area contributed by atoms with Crippen LogP contribution in [0.3, 0.4) is 0 Å². The Balaban J connectivity index is 1.39. The van der Waals surface area contributed by atoms with Crippen molar-refractivity contribution in [2.45, 2.75) is 32.5 Å². The zero-order valence-corrected chi connectivity index (χ0v) is 22.3. The highest BCUT2D eigenvalue weighted by molar-refractivity contribution is 7.98. The summed E-state index contributed by atoms with van der Waals surface area (Å²) in [6.45, 7) is 7.35. The molecule has 0 saturated heterocycles. The number of rotatable bonds is 5. The molecule has 0 aliphatic carbocycles. The van der Waals surface area contributed by atoms with Gasteiger partial charge in [0.15, 0.2) is 5.16 Å². The van der Waals surface area contributed by atoms with Crippen LogP contribution in [0, 0.1) is 12.3 Å². The lowest BCUT2D eigenvalue weighted by molar-refractivity contribution is 0.102. The van der Waals surface area contributed by atoms with Crippen LogP contribution in [0.1, 0.15) is 41.0 Å². The van der Waals surface area contributed by atoms with Gasteiger partial charge in [0, 0.05) is 42.0 Å². The van der Waals surface area contributed by atoms with Crippen molar-refractivity contribution in [3.8, 4) is 0 Å². The van der Waals surface area contributed by atoms with E-state index in [4.69, 9.17) is 0 Å². The largest absolute Gasteiger partial charge is 0.384 e. The number of aromatic nitrogens is 3. The molecule has 0 fully saturated rings.